The van der Waals surface area contributed by atoms with Gasteiger partial charge >= 0.3 is 0 Å². The summed E-state index contributed by atoms with van der Waals surface area (Å²) >= 11 is 0. The van der Waals surface area contributed by atoms with Gasteiger partial charge in [-0.15, -0.1) is 0 Å². The fourth-order valence-electron chi connectivity index (χ4n) is 2.21. The first-order valence-corrected chi connectivity index (χ1v) is 4.98. The van der Waals surface area contributed by atoms with Crippen LogP contribution in [0.15, 0.2) is 22.8 Å². The average Bonchev–Trinajstić information content (AvgIpc) is 2.70. The van der Waals surface area contributed by atoms with Crippen molar-refractivity contribution in [1.29, 1.82) is 0 Å². The fourth-order valence-corrected chi connectivity index (χ4v) is 2.21. The molecule has 1 aromatic heterocycles. The van der Waals surface area contributed by atoms with E-state index in [1.807, 2.05) is 6.07 Å². The van der Waals surface area contributed by atoms with Gasteiger partial charge in [0.1, 0.15) is 5.76 Å². The molecule has 1 heterocycles. The fraction of sp³-hybridized carbons (Fsp3) is 0.636. The molecule has 13 heavy (non-hydrogen) atoms. The zero-order chi connectivity index (χ0) is 9.10. The highest BCUT2D eigenvalue weighted by atomic mass is 16.5. The Balaban J connectivity index is 2.11. The van der Waals surface area contributed by atoms with Crippen LogP contribution in [-0.4, -0.2) is 13.2 Å². The normalized spacial score (nSPS) is 29.0. The summed E-state index contributed by atoms with van der Waals surface area (Å²) in [7, 11) is 1.80. The molecule has 0 aliphatic heterocycles. The van der Waals surface area contributed by atoms with Gasteiger partial charge in [-0.2, -0.15) is 0 Å². The van der Waals surface area contributed by atoms with Crippen molar-refractivity contribution in [3.63, 3.8) is 0 Å². The van der Waals surface area contributed by atoms with Crippen LogP contribution in [0, 0.1) is 0 Å². The zero-order valence-electron chi connectivity index (χ0n) is 8.03. The molecule has 2 heteroatoms. The van der Waals surface area contributed by atoms with E-state index in [4.69, 9.17) is 9.15 Å². The molecule has 0 unspecified atom stereocenters. The van der Waals surface area contributed by atoms with Crippen molar-refractivity contribution < 1.29 is 9.15 Å². The predicted molar refractivity (Wildman–Crippen MR) is 50.7 cm³/mol. The maximum Gasteiger partial charge on any atom is 0.109 e. The molecule has 2 atom stereocenters. The second-order valence-electron chi connectivity index (χ2n) is 3.68. The van der Waals surface area contributed by atoms with E-state index < -0.39 is 0 Å². The summed E-state index contributed by atoms with van der Waals surface area (Å²) < 4.78 is 10.9. The number of rotatable bonds is 2. The molecule has 1 aromatic rings. The summed E-state index contributed by atoms with van der Waals surface area (Å²) in [6.45, 7) is 0. The summed E-state index contributed by atoms with van der Waals surface area (Å²) in [4.78, 5) is 0. The Morgan fingerprint density at radius 2 is 2.23 bits per heavy atom. The monoisotopic (exact) mass is 180 g/mol. The second kappa shape index (κ2) is 3.97. The molecule has 2 rings (SSSR count). The van der Waals surface area contributed by atoms with E-state index in [2.05, 4.69) is 6.07 Å². The van der Waals surface area contributed by atoms with Gasteiger partial charge in [0.25, 0.3) is 0 Å². The van der Waals surface area contributed by atoms with Crippen LogP contribution in [0.1, 0.15) is 37.4 Å². The molecule has 72 valence electrons. The smallest absolute Gasteiger partial charge is 0.109 e. The molecule has 0 saturated heterocycles. The van der Waals surface area contributed by atoms with Crippen LogP contribution < -0.4 is 0 Å². The van der Waals surface area contributed by atoms with E-state index in [0.717, 1.165) is 5.76 Å². The van der Waals surface area contributed by atoms with E-state index in [0.29, 0.717) is 12.0 Å². The first kappa shape index (κ1) is 8.82. The maximum absolute atomic E-state index is 5.47. The van der Waals surface area contributed by atoms with Crippen LogP contribution in [0.2, 0.25) is 0 Å². The lowest BCUT2D eigenvalue weighted by atomic mass is 9.85. The molecule has 1 aliphatic rings. The van der Waals surface area contributed by atoms with Crippen LogP contribution in [0.4, 0.5) is 0 Å². The highest BCUT2D eigenvalue weighted by molar-refractivity contribution is 5.08. The molecule has 0 bridgehead atoms. The highest BCUT2D eigenvalue weighted by Gasteiger charge is 2.27. The predicted octanol–water partition coefficient (Wildman–Crippen LogP) is 2.95. The third-order valence-electron chi connectivity index (χ3n) is 2.91. The largest absolute Gasteiger partial charge is 0.469 e. The minimum Gasteiger partial charge on any atom is -0.469 e. The Morgan fingerprint density at radius 1 is 1.38 bits per heavy atom. The molecular formula is C11H16O2. The molecule has 0 amide bonds. The van der Waals surface area contributed by atoms with Crippen molar-refractivity contribution in [3.05, 3.63) is 24.2 Å². The van der Waals surface area contributed by atoms with Gasteiger partial charge in [-0.25, -0.2) is 0 Å². The molecule has 2 nitrogen and oxygen atoms in total. The summed E-state index contributed by atoms with van der Waals surface area (Å²) in [5.74, 6) is 1.57. The van der Waals surface area contributed by atoms with Crippen LogP contribution in [-0.2, 0) is 4.74 Å². The molecule has 0 aromatic carbocycles. The lowest BCUT2D eigenvalue weighted by Gasteiger charge is -2.28. The molecule has 1 saturated carbocycles. The van der Waals surface area contributed by atoms with Gasteiger partial charge in [0.05, 0.1) is 12.4 Å². The highest BCUT2D eigenvalue weighted by Crippen LogP contribution is 2.34. The van der Waals surface area contributed by atoms with Gasteiger partial charge in [0.2, 0.25) is 0 Å². The average molecular weight is 180 g/mol. The lowest BCUT2D eigenvalue weighted by Crippen LogP contribution is -2.24. The zero-order valence-corrected chi connectivity index (χ0v) is 8.03. The van der Waals surface area contributed by atoms with E-state index in [1.165, 1.54) is 25.7 Å². The summed E-state index contributed by atoms with van der Waals surface area (Å²) in [5.41, 5.74) is 0. The molecule has 1 aliphatic carbocycles. The van der Waals surface area contributed by atoms with Crippen molar-refractivity contribution in [1.82, 2.24) is 0 Å². The SMILES string of the molecule is CO[C@H]1CCCC[C@@H]1c1ccco1. The Hall–Kier alpha value is -0.760. The van der Waals surface area contributed by atoms with Crippen molar-refractivity contribution in [2.75, 3.05) is 7.11 Å². The summed E-state index contributed by atoms with van der Waals surface area (Å²) in [5, 5.41) is 0. The van der Waals surface area contributed by atoms with Crippen LogP contribution in [0.5, 0.6) is 0 Å². The van der Waals surface area contributed by atoms with Gasteiger partial charge in [0.15, 0.2) is 0 Å². The quantitative estimate of drug-likeness (QED) is 0.698. The van der Waals surface area contributed by atoms with Crippen molar-refractivity contribution >= 4 is 0 Å². The van der Waals surface area contributed by atoms with Crippen LogP contribution in [0.3, 0.4) is 0 Å². The number of furan rings is 1. The Kier molecular flexibility index (Phi) is 2.69. The number of hydrogen-bond acceptors (Lipinski definition) is 2. The van der Waals surface area contributed by atoms with Crippen molar-refractivity contribution in [3.8, 4) is 0 Å². The molecule has 0 radical (unpaired) electrons. The Labute approximate surface area is 78.9 Å². The van der Waals surface area contributed by atoms with Gasteiger partial charge in [-0.05, 0) is 25.0 Å². The minimum absolute atomic E-state index is 0.361. The molecule has 0 N–H and O–H groups in total. The topological polar surface area (TPSA) is 22.4 Å². The first-order chi connectivity index (χ1) is 6.42. The summed E-state index contributed by atoms with van der Waals surface area (Å²) in [6.07, 6.45) is 7.06. The van der Waals surface area contributed by atoms with E-state index in [9.17, 15) is 0 Å². The number of methoxy groups -OCH3 is 1. The third kappa shape index (κ3) is 1.78. The van der Waals surface area contributed by atoms with E-state index >= 15 is 0 Å². The molecular weight excluding hydrogens is 164 g/mol. The summed E-state index contributed by atoms with van der Waals surface area (Å²) in [6, 6.07) is 4.01. The van der Waals surface area contributed by atoms with Gasteiger partial charge in [0, 0.05) is 13.0 Å². The number of hydrogen-bond donors (Lipinski definition) is 0. The molecule has 0 spiro atoms. The van der Waals surface area contributed by atoms with E-state index in [-0.39, 0.29) is 0 Å². The lowest BCUT2D eigenvalue weighted by molar-refractivity contribution is 0.0458. The molecule has 1 fully saturated rings. The van der Waals surface area contributed by atoms with Crippen LogP contribution in [0.25, 0.3) is 0 Å². The van der Waals surface area contributed by atoms with Gasteiger partial charge < -0.3 is 9.15 Å². The standard InChI is InChI=1S/C11H16O2/c1-12-10-6-3-2-5-9(10)11-7-4-8-13-11/h4,7-10H,2-3,5-6H2,1H3/t9-,10-/m0/s1. The van der Waals surface area contributed by atoms with Gasteiger partial charge in [-0.1, -0.05) is 12.8 Å². The van der Waals surface area contributed by atoms with Crippen molar-refractivity contribution in [2.24, 2.45) is 0 Å². The van der Waals surface area contributed by atoms with E-state index in [1.54, 1.807) is 13.4 Å². The van der Waals surface area contributed by atoms with Gasteiger partial charge in [-0.3, -0.25) is 0 Å². The second-order valence-corrected chi connectivity index (χ2v) is 3.68. The third-order valence-corrected chi connectivity index (χ3v) is 2.91. The maximum atomic E-state index is 5.47. The Bertz CT molecular complexity index is 241. The minimum atomic E-state index is 0.361. The van der Waals surface area contributed by atoms with Crippen LogP contribution >= 0.6 is 0 Å². The number of ether oxygens (including phenoxy) is 1. The van der Waals surface area contributed by atoms with Crippen molar-refractivity contribution in [2.45, 2.75) is 37.7 Å². The first-order valence-electron chi connectivity index (χ1n) is 4.98. The Morgan fingerprint density at radius 3 is 2.92 bits per heavy atom.